The number of rotatable bonds is 8. The van der Waals surface area contributed by atoms with Crippen LogP contribution >= 0.6 is 0 Å². The van der Waals surface area contributed by atoms with Crippen molar-refractivity contribution in [2.75, 3.05) is 33.3 Å². The van der Waals surface area contributed by atoms with Crippen LogP contribution < -0.4 is 5.32 Å². The number of nitrogens with zero attached hydrogens (tertiary/aromatic N) is 1. The maximum Gasteiger partial charge on any atom is 0.307 e. The molecule has 0 aromatic rings. The van der Waals surface area contributed by atoms with E-state index in [0.717, 1.165) is 19.5 Å². The van der Waals surface area contributed by atoms with Gasteiger partial charge in [0.25, 0.3) is 0 Å². The SMILES string of the molecule is COC(=O)CCN(CC(C)C)C(=O)CCC1CCCNC1. The molecule has 1 amide bonds. The van der Waals surface area contributed by atoms with Gasteiger partial charge in [-0.3, -0.25) is 9.59 Å². The highest BCUT2D eigenvalue weighted by atomic mass is 16.5. The van der Waals surface area contributed by atoms with Crippen LogP contribution in [0.3, 0.4) is 0 Å². The first-order valence-corrected chi connectivity index (χ1v) is 8.08. The molecule has 0 radical (unpaired) electrons. The van der Waals surface area contributed by atoms with Crippen molar-refractivity contribution in [2.24, 2.45) is 11.8 Å². The molecule has 5 heteroatoms. The minimum Gasteiger partial charge on any atom is -0.469 e. The van der Waals surface area contributed by atoms with Crippen LogP contribution in [0.15, 0.2) is 0 Å². The maximum atomic E-state index is 12.4. The molecule has 0 aromatic carbocycles. The maximum absolute atomic E-state index is 12.4. The van der Waals surface area contributed by atoms with Crippen molar-refractivity contribution in [2.45, 2.75) is 46.0 Å². The Morgan fingerprint density at radius 2 is 2.10 bits per heavy atom. The van der Waals surface area contributed by atoms with Crippen molar-refractivity contribution < 1.29 is 14.3 Å². The average molecular weight is 298 g/mol. The zero-order valence-electron chi connectivity index (χ0n) is 13.7. The minimum atomic E-state index is -0.256. The number of hydrogen-bond donors (Lipinski definition) is 1. The van der Waals surface area contributed by atoms with Crippen LogP contribution in [0.1, 0.15) is 46.0 Å². The second kappa shape index (κ2) is 9.77. The molecular weight excluding hydrogens is 268 g/mol. The fraction of sp³-hybridized carbons (Fsp3) is 0.875. The first-order chi connectivity index (χ1) is 10.0. The lowest BCUT2D eigenvalue weighted by Gasteiger charge is -2.26. The van der Waals surface area contributed by atoms with Crippen molar-refractivity contribution in [3.63, 3.8) is 0 Å². The summed E-state index contributed by atoms with van der Waals surface area (Å²) in [6.07, 6.45) is 4.22. The van der Waals surface area contributed by atoms with E-state index in [1.165, 1.54) is 20.0 Å². The summed E-state index contributed by atoms with van der Waals surface area (Å²) in [5.41, 5.74) is 0. The van der Waals surface area contributed by atoms with E-state index >= 15 is 0 Å². The van der Waals surface area contributed by atoms with Gasteiger partial charge in [0.1, 0.15) is 0 Å². The Morgan fingerprint density at radius 3 is 2.67 bits per heavy atom. The largest absolute Gasteiger partial charge is 0.469 e. The molecule has 0 aromatic heterocycles. The number of carbonyl (C=O) groups is 2. The van der Waals surface area contributed by atoms with Crippen LogP contribution in [0, 0.1) is 11.8 Å². The molecule has 1 N–H and O–H groups in total. The Hall–Kier alpha value is -1.10. The summed E-state index contributed by atoms with van der Waals surface area (Å²) in [5.74, 6) is 0.929. The molecule has 1 atom stereocenters. The Balaban J connectivity index is 2.39. The molecule has 0 aliphatic carbocycles. The normalized spacial score (nSPS) is 18.6. The minimum absolute atomic E-state index is 0.165. The van der Waals surface area contributed by atoms with E-state index in [-0.39, 0.29) is 18.3 Å². The first kappa shape index (κ1) is 18.0. The standard InChI is InChI=1S/C16H30N2O3/c1-13(2)12-18(10-8-16(20)21-3)15(19)7-6-14-5-4-9-17-11-14/h13-14,17H,4-12H2,1-3H3. The third-order valence-electron chi connectivity index (χ3n) is 3.92. The van der Waals surface area contributed by atoms with Crippen molar-refractivity contribution >= 4 is 11.9 Å². The summed E-state index contributed by atoms with van der Waals surface area (Å²) in [6, 6.07) is 0. The van der Waals surface area contributed by atoms with Crippen LogP contribution in [-0.2, 0) is 14.3 Å². The lowest BCUT2D eigenvalue weighted by Crippen LogP contribution is -2.37. The van der Waals surface area contributed by atoms with E-state index in [9.17, 15) is 9.59 Å². The molecule has 21 heavy (non-hydrogen) atoms. The molecule has 1 rings (SSSR count). The summed E-state index contributed by atoms with van der Waals surface area (Å²) >= 11 is 0. The number of carbonyl (C=O) groups excluding carboxylic acids is 2. The molecule has 5 nitrogen and oxygen atoms in total. The molecule has 1 aliphatic rings. The predicted molar refractivity (Wildman–Crippen MR) is 82.9 cm³/mol. The molecule has 0 saturated carbocycles. The van der Waals surface area contributed by atoms with Gasteiger partial charge in [-0.1, -0.05) is 13.8 Å². The Kier molecular flexibility index (Phi) is 8.35. The van der Waals surface area contributed by atoms with Gasteiger partial charge >= 0.3 is 5.97 Å². The third kappa shape index (κ3) is 7.46. The van der Waals surface area contributed by atoms with E-state index in [1.54, 1.807) is 0 Å². The van der Waals surface area contributed by atoms with E-state index in [2.05, 4.69) is 23.9 Å². The fourth-order valence-electron chi connectivity index (χ4n) is 2.74. The van der Waals surface area contributed by atoms with E-state index in [1.807, 2.05) is 4.90 Å². The molecule has 1 aliphatic heterocycles. The molecule has 1 saturated heterocycles. The number of methoxy groups -OCH3 is 1. The molecule has 122 valence electrons. The fourth-order valence-corrected chi connectivity index (χ4v) is 2.74. The topological polar surface area (TPSA) is 58.6 Å². The number of nitrogens with one attached hydrogen (secondary N) is 1. The predicted octanol–water partition coefficient (Wildman–Crippen LogP) is 1.81. The highest BCUT2D eigenvalue weighted by molar-refractivity contribution is 5.77. The Morgan fingerprint density at radius 1 is 1.33 bits per heavy atom. The zero-order valence-corrected chi connectivity index (χ0v) is 13.7. The summed E-state index contributed by atoms with van der Waals surface area (Å²) in [7, 11) is 1.38. The van der Waals surface area contributed by atoms with Gasteiger partial charge in [-0.05, 0) is 44.2 Å². The Bertz CT molecular complexity index is 325. The highest BCUT2D eigenvalue weighted by Crippen LogP contribution is 2.17. The highest BCUT2D eigenvalue weighted by Gasteiger charge is 2.19. The Labute approximate surface area is 128 Å². The second-order valence-corrected chi connectivity index (χ2v) is 6.31. The molecule has 0 bridgehead atoms. The average Bonchev–Trinajstić information content (AvgIpc) is 2.49. The van der Waals surface area contributed by atoms with Crippen LogP contribution in [0.2, 0.25) is 0 Å². The molecule has 0 spiro atoms. The van der Waals surface area contributed by atoms with Crippen molar-refractivity contribution in [1.29, 1.82) is 0 Å². The molecule has 1 heterocycles. The van der Waals surface area contributed by atoms with E-state index < -0.39 is 0 Å². The molecule has 1 unspecified atom stereocenters. The lowest BCUT2D eigenvalue weighted by molar-refractivity contribution is -0.142. The van der Waals surface area contributed by atoms with Gasteiger partial charge in [-0.25, -0.2) is 0 Å². The molecule has 1 fully saturated rings. The molecular formula is C16H30N2O3. The van der Waals surface area contributed by atoms with Gasteiger partial charge in [0.2, 0.25) is 5.91 Å². The first-order valence-electron chi connectivity index (χ1n) is 8.08. The van der Waals surface area contributed by atoms with Gasteiger partial charge in [-0.2, -0.15) is 0 Å². The van der Waals surface area contributed by atoms with Crippen LogP contribution in [0.25, 0.3) is 0 Å². The zero-order chi connectivity index (χ0) is 15.7. The second-order valence-electron chi connectivity index (χ2n) is 6.31. The summed E-state index contributed by atoms with van der Waals surface area (Å²) in [5, 5.41) is 3.38. The van der Waals surface area contributed by atoms with Crippen LogP contribution in [0.5, 0.6) is 0 Å². The lowest BCUT2D eigenvalue weighted by atomic mass is 9.94. The third-order valence-corrected chi connectivity index (χ3v) is 3.92. The quantitative estimate of drug-likeness (QED) is 0.694. The number of esters is 1. The van der Waals surface area contributed by atoms with Crippen LogP contribution in [-0.4, -0.2) is 50.1 Å². The van der Waals surface area contributed by atoms with Crippen LogP contribution in [0.4, 0.5) is 0 Å². The van der Waals surface area contributed by atoms with Gasteiger partial charge in [-0.15, -0.1) is 0 Å². The summed E-state index contributed by atoms with van der Waals surface area (Å²) in [4.78, 5) is 25.5. The van der Waals surface area contributed by atoms with Gasteiger partial charge in [0.05, 0.1) is 13.5 Å². The van der Waals surface area contributed by atoms with Gasteiger partial charge in [0.15, 0.2) is 0 Å². The number of ether oxygens (including phenoxy) is 1. The van der Waals surface area contributed by atoms with E-state index in [4.69, 9.17) is 0 Å². The monoisotopic (exact) mass is 298 g/mol. The summed E-state index contributed by atoms with van der Waals surface area (Å²) in [6.45, 7) is 7.47. The van der Waals surface area contributed by atoms with Crippen molar-refractivity contribution in [1.82, 2.24) is 10.2 Å². The number of piperidine rings is 1. The number of amides is 1. The van der Waals surface area contributed by atoms with E-state index in [0.29, 0.717) is 31.3 Å². The smallest absolute Gasteiger partial charge is 0.307 e. The summed E-state index contributed by atoms with van der Waals surface area (Å²) < 4.78 is 4.66. The number of hydrogen-bond acceptors (Lipinski definition) is 4. The van der Waals surface area contributed by atoms with Crippen molar-refractivity contribution in [3.8, 4) is 0 Å². The van der Waals surface area contributed by atoms with Gasteiger partial charge < -0.3 is 15.0 Å². The van der Waals surface area contributed by atoms with Gasteiger partial charge in [0, 0.05) is 19.5 Å². The van der Waals surface area contributed by atoms with Crippen molar-refractivity contribution in [3.05, 3.63) is 0 Å².